The Hall–Kier alpha value is -3.67. The number of oxime groups is 1. The van der Waals surface area contributed by atoms with Crippen LogP contribution in [0.5, 0.6) is 11.5 Å². The summed E-state index contributed by atoms with van der Waals surface area (Å²) in [6, 6.07) is 1.19. The SMILES string of the molecule is CCC[C@H](NC(=O)[C@@H]1C[C@]2(CC(c3cc(Cl)c(OC)cc3OC)=NO2)CN1C(=O)[C@@H](CC(=O)CC(C)(C)C)C(C)(C)C)C(=O)C(=O)NC1CC1. The molecule has 1 aromatic rings. The van der Waals surface area contributed by atoms with E-state index in [-0.39, 0.29) is 55.4 Å². The van der Waals surface area contributed by atoms with Crippen molar-refractivity contribution in [3.8, 4) is 11.5 Å². The standard InChI is InChI=1S/C37H53ClN4O8/c1-10-11-26(31(44)33(46)39-21-12-13-21)40-32(45)28-19-37(18-27(41-50-37)23-15-25(38)30(49-9)16-29(23)48-8)20-42(28)34(47)24(36(5,6)7)14-22(43)17-35(2,3)4/h15-16,21,24,26,28H,10-14,17-20H2,1-9H3,(H,39,46)(H,40,45)/t24-,26+,28+,37-/m1/s1. The second-order valence-corrected chi connectivity index (χ2v) is 16.6. The third-order valence-corrected chi connectivity index (χ3v) is 9.75. The van der Waals surface area contributed by atoms with Crippen molar-refractivity contribution >= 4 is 46.6 Å². The van der Waals surface area contributed by atoms with Crippen LogP contribution in [-0.4, -0.2) is 84.4 Å². The Balaban J connectivity index is 1.66. The maximum atomic E-state index is 14.6. The van der Waals surface area contributed by atoms with Gasteiger partial charge < -0.3 is 29.8 Å². The van der Waals surface area contributed by atoms with Gasteiger partial charge in [0.2, 0.25) is 17.6 Å². The number of nitrogens with zero attached hydrogens (tertiary/aromatic N) is 2. The monoisotopic (exact) mass is 716 g/mol. The molecule has 2 N–H and O–H groups in total. The van der Waals surface area contributed by atoms with Crippen LogP contribution in [0.25, 0.3) is 0 Å². The van der Waals surface area contributed by atoms with Crippen molar-refractivity contribution in [1.82, 2.24) is 15.5 Å². The third kappa shape index (κ3) is 9.35. The van der Waals surface area contributed by atoms with E-state index in [2.05, 4.69) is 15.8 Å². The van der Waals surface area contributed by atoms with Crippen molar-refractivity contribution in [3.05, 3.63) is 22.7 Å². The molecule has 4 atom stereocenters. The van der Waals surface area contributed by atoms with Gasteiger partial charge in [-0.3, -0.25) is 24.0 Å². The van der Waals surface area contributed by atoms with E-state index in [1.807, 2.05) is 48.5 Å². The van der Waals surface area contributed by atoms with Crippen molar-refractivity contribution in [3.63, 3.8) is 0 Å². The normalized spacial score (nSPS) is 21.6. The van der Waals surface area contributed by atoms with E-state index in [0.717, 1.165) is 12.8 Å². The number of methoxy groups -OCH3 is 2. The minimum Gasteiger partial charge on any atom is -0.496 e. The van der Waals surface area contributed by atoms with Crippen molar-refractivity contribution in [2.75, 3.05) is 20.8 Å². The molecule has 1 spiro atoms. The van der Waals surface area contributed by atoms with Crippen LogP contribution in [0.2, 0.25) is 5.02 Å². The van der Waals surface area contributed by atoms with Gasteiger partial charge in [-0.1, -0.05) is 71.6 Å². The number of rotatable bonds is 14. The fraction of sp³-hybridized carbons (Fsp3) is 0.676. The minimum atomic E-state index is -1.09. The summed E-state index contributed by atoms with van der Waals surface area (Å²) in [7, 11) is 3.02. The molecule has 3 aliphatic rings. The van der Waals surface area contributed by atoms with Crippen LogP contribution in [-0.2, 0) is 28.8 Å². The van der Waals surface area contributed by atoms with E-state index in [0.29, 0.717) is 40.6 Å². The van der Waals surface area contributed by atoms with Gasteiger partial charge in [0.25, 0.3) is 5.91 Å². The highest BCUT2D eigenvalue weighted by molar-refractivity contribution is 6.38. The lowest BCUT2D eigenvalue weighted by atomic mass is 9.75. The molecule has 2 aliphatic heterocycles. The van der Waals surface area contributed by atoms with Gasteiger partial charge in [0, 0.05) is 49.3 Å². The largest absolute Gasteiger partial charge is 0.496 e. The smallest absolute Gasteiger partial charge is 0.289 e. The number of amides is 3. The molecule has 1 saturated heterocycles. The van der Waals surface area contributed by atoms with Crippen molar-refractivity contribution < 1.29 is 38.3 Å². The van der Waals surface area contributed by atoms with Crippen LogP contribution < -0.4 is 20.1 Å². The molecule has 0 unspecified atom stereocenters. The summed E-state index contributed by atoms with van der Waals surface area (Å²) in [5.74, 6) is -2.26. The van der Waals surface area contributed by atoms with E-state index in [1.165, 1.54) is 19.1 Å². The summed E-state index contributed by atoms with van der Waals surface area (Å²) in [4.78, 5) is 75.6. The molecule has 4 rings (SSSR count). The van der Waals surface area contributed by atoms with Gasteiger partial charge in [-0.25, -0.2) is 0 Å². The van der Waals surface area contributed by atoms with Gasteiger partial charge in [-0.05, 0) is 36.2 Å². The lowest BCUT2D eigenvalue weighted by molar-refractivity contribution is -0.147. The molecule has 0 bridgehead atoms. The molecule has 13 heteroatoms. The van der Waals surface area contributed by atoms with Crippen molar-refractivity contribution in [2.24, 2.45) is 21.9 Å². The number of hydrogen-bond donors (Lipinski definition) is 2. The van der Waals surface area contributed by atoms with Crippen LogP contribution >= 0.6 is 11.6 Å². The van der Waals surface area contributed by atoms with Gasteiger partial charge in [0.15, 0.2) is 5.60 Å². The van der Waals surface area contributed by atoms with Gasteiger partial charge in [-0.15, -0.1) is 0 Å². The quantitative estimate of drug-likeness (QED) is 0.255. The fourth-order valence-electron chi connectivity index (χ4n) is 6.68. The molecule has 3 amide bonds. The summed E-state index contributed by atoms with van der Waals surface area (Å²) in [5.41, 5.74) is -0.865. The van der Waals surface area contributed by atoms with Gasteiger partial charge >= 0.3 is 0 Å². The molecule has 276 valence electrons. The van der Waals surface area contributed by atoms with E-state index >= 15 is 0 Å². The van der Waals surface area contributed by atoms with Gasteiger partial charge in [0.05, 0.1) is 37.5 Å². The Bertz CT molecular complexity index is 1530. The average Bonchev–Trinajstić information content (AvgIpc) is 3.62. The predicted molar refractivity (Wildman–Crippen MR) is 189 cm³/mol. The first-order chi connectivity index (χ1) is 23.3. The van der Waals surface area contributed by atoms with E-state index in [4.69, 9.17) is 25.9 Å². The van der Waals surface area contributed by atoms with E-state index < -0.39 is 46.6 Å². The van der Waals surface area contributed by atoms with Crippen LogP contribution in [0, 0.1) is 16.7 Å². The van der Waals surface area contributed by atoms with Crippen LogP contribution in [0.15, 0.2) is 17.3 Å². The zero-order valence-corrected chi connectivity index (χ0v) is 31.6. The highest BCUT2D eigenvalue weighted by Crippen LogP contribution is 2.44. The Morgan fingerprint density at radius 3 is 2.28 bits per heavy atom. The third-order valence-electron chi connectivity index (χ3n) is 9.46. The zero-order valence-electron chi connectivity index (χ0n) is 30.9. The van der Waals surface area contributed by atoms with Crippen molar-refractivity contribution in [1.29, 1.82) is 0 Å². The van der Waals surface area contributed by atoms with Crippen LogP contribution in [0.1, 0.15) is 105 Å². The number of carbonyl (C=O) groups excluding carboxylic acids is 5. The molecular formula is C37H53ClN4O8. The Morgan fingerprint density at radius 2 is 1.72 bits per heavy atom. The molecular weight excluding hydrogens is 664 g/mol. The Labute approximate surface area is 300 Å². The molecule has 12 nitrogen and oxygen atoms in total. The molecule has 1 saturated carbocycles. The summed E-state index contributed by atoms with van der Waals surface area (Å²) in [6.45, 7) is 13.5. The second-order valence-electron chi connectivity index (χ2n) is 16.2. The van der Waals surface area contributed by atoms with E-state index in [1.54, 1.807) is 12.1 Å². The highest BCUT2D eigenvalue weighted by Gasteiger charge is 2.56. The Kier molecular flexibility index (Phi) is 12.0. The molecule has 1 aromatic carbocycles. The molecule has 2 fully saturated rings. The molecule has 50 heavy (non-hydrogen) atoms. The van der Waals surface area contributed by atoms with Crippen LogP contribution in [0.3, 0.4) is 0 Å². The number of nitrogens with one attached hydrogen (secondary N) is 2. The first-order valence-electron chi connectivity index (χ1n) is 17.5. The van der Waals surface area contributed by atoms with Gasteiger partial charge in [0.1, 0.15) is 23.3 Å². The molecule has 0 radical (unpaired) electrons. The lowest BCUT2D eigenvalue weighted by Gasteiger charge is -2.35. The van der Waals surface area contributed by atoms with Crippen LogP contribution in [0.4, 0.5) is 0 Å². The molecule has 1 aliphatic carbocycles. The molecule has 2 heterocycles. The molecule has 0 aromatic heterocycles. The number of halogens is 1. The number of carbonyl (C=O) groups is 5. The lowest BCUT2D eigenvalue weighted by Crippen LogP contribution is -2.54. The highest BCUT2D eigenvalue weighted by atomic mass is 35.5. The zero-order chi connectivity index (χ0) is 37.2. The summed E-state index contributed by atoms with van der Waals surface area (Å²) in [6.07, 6.45) is 3.04. The maximum absolute atomic E-state index is 14.6. The summed E-state index contributed by atoms with van der Waals surface area (Å²) < 4.78 is 10.9. The second kappa shape index (κ2) is 15.3. The van der Waals surface area contributed by atoms with E-state index in [9.17, 15) is 24.0 Å². The maximum Gasteiger partial charge on any atom is 0.289 e. The topological polar surface area (TPSA) is 153 Å². The number of likely N-dealkylation sites (tertiary alicyclic amines) is 1. The minimum absolute atomic E-state index is 0.0116. The number of benzene rings is 1. The number of ether oxygens (including phenoxy) is 2. The van der Waals surface area contributed by atoms with Crippen molar-refractivity contribution in [2.45, 2.75) is 124 Å². The van der Waals surface area contributed by atoms with Gasteiger partial charge in [-0.2, -0.15) is 0 Å². The number of hydrogen-bond acceptors (Lipinski definition) is 9. The predicted octanol–water partition coefficient (Wildman–Crippen LogP) is 5.01. The summed E-state index contributed by atoms with van der Waals surface area (Å²) >= 11 is 6.46. The number of Topliss-reactive ketones (excluding diaryl/α,β-unsaturated/α-hetero) is 2. The first-order valence-corrected chi connectivity index (χ1v) is 17.8. The summed E-state index contributed by atoms with van der Waals surface area (Å²) in [5, 5.41) is 10.3. The average molecular weight is 717 g/mol. The Morgan fingerprint density at radius 1 is 1.06 bits per heavy atom. The fourth-order valence-corrected chi connectivity index (χ4v) is 6.92. The first kappa shape index (κ1) is 39.1. The number of ketones is 2.